The first-order chi connectivity index (χ1) is 11.3. The Kier molecular flexibility index (Phi) is 5.55. The number of carbonyl (C=O) groups is 4. The lowest BCUT2D eigenvalue weighted by atomic mass is 10.3. The second-order valence-corrected chi connectivity index (χ2v) is 6.40. The summed E-state index contributed by atoms with van der Waals surface area (Å²) >= 11 is 0.994. The molecule has 1 aromatic rings. The lowest BCUT2D eigenvalue weighted by Crippen LogP contribution is -2.42. The number of carboxylic acid groups (broad SMARTS) is 1. The maximum absolute atomic E-state index is 13.0. The van der Waals surface area contributed by atoms with Crippen LogP contribution in [0.2, 0.25) is 0 Å². The van der Waals surface area contributed by atoms with E-state index in [1.807, 2.05) is 0 Å². The van der Waals surface area contributed by atoms with E-state index in [1.165, 1.54) is 19.1 Å². The molecule has 0 unspecified atom stereocenters. The first-order valence-corrected chi connectivity index (χ1v) is 8.08. The van der Waals surface area contributed by atoms with Gasteiger partial charge in [-0.3, -0.25) is 14.4 Å². The van der Waals surface area contributed by atoms with Gasteiger partial charge in [0.15, 0.2) is 0 Å². The van der Waals surface area contributed by atoms with E-state index in [2.05, 4.69) is 5.32 Å². The van der Waals surface area contributed by atoms with Crippen LogP contribution in [0.3, 0.4) is 0 Å². The van der Waals surface area contributed by atoms with Crippen molar-refractivity contribution < 1.29 is 28.7 Å². The van der Waals surface area contributed by atoms with E-state index in [-0.39, 0.29) is 17.9 Å². The van der Waals surface area contributed by atoms with Crippen LogP contribution in [0.25, 0.3) is 0 Å². The second-order valence-electron chi connectivity index (χ2n) is 5.16. The topological polar surface area (TPSA) is 104 Å². The van der Waals surface area contributed by atoms with Gasteiger partial charge in [-0.25, -0.2) is 14.1 Å². The Labute approximate surface area is 141 Å². The van der Waals surface area contributed by atoms with E-state index in [9.17, 15) is 23.6 Å². The van der Waals surface area contributed by atoms with Gasteiger partial charge in [0.1, 0.15) is 11.9 Å². The average molecular weight is 354 g/mol. The number of anilines is 1. The molecule has 1 aliphatic heterocycles. The fourth-order valence-corrected chi connectivity index (χ4v) is 3.39. The monoisotopic (exact) mass is 354 g/mol. The van der Waals surface area contributed by atoms with Gasteiger partial charge in [-0.2, -0.15) is 0 Å². The van der Waals surface area contributed by atoms with E-state index in [4.69, 9.17) is 5.11 Å². The number of aliphatic carboxylic acids is 1. The van der Waals surface area contributed by atoms with Crippen molar-refractivity contribution >= 4 is 41.1 Å². The van der Waals surface area contributed by atoms with Crippen LogP contribution in [0.4, 0.5) is 10.1 Å². The number of nitrogens with one attached hydrogen (secondary N) is 1. The number of hydrogen-bond acceptors (Lipinski definition) is 5. The summed E-state index contributed by atoms with van der Waals surface area (Å²) in [6.07, 6.45) is -0.0761. The predicted octanol–water partition coefficient (Wildman–Crippen LogP) is 0.780. The highest BCUT2D eigenvalue weighted by Gasteiger charge is 2.40. The number of nitrogens with zero attached hydrogens (tertiary/aromatic N) is 1. The molecular formula is C15H15FN2O5S. The van der Waals surface area contributed by atoms with Gasteiger partial charge < -0.3 is 10.4 Å². The maximum atomic E-state index is 13.0. The van der Waals surface area contributed by atoms with Gasteiger partial charge in [-0.15, -0.1) is 11.8 Å². The number of rotatable bonds is 6. The molecule has 9 heteroatoms. The fourth-order valence-electron chi connectivity index (χ4n) is 2.23. The summed E-state index contributed by atoms with van der Waals surface area (Å²) in [5.41, 5.74) is 0.270. The molecule has 2 atom stereocenters. The fraction of sp³-hybridized carbons (Fsp3) is 0.333. The molecule has 1 aliphatic rings. The number of hydrogen-bond donors (Lipinski definition) is 2. The predicted molar refractivity (Wildman–Crippen MR) is 85.0 cm³/mol. The summed E-state index contributed by atoms with van der Waals surface area (Å²) < 4.78 is 13.0. The molecule has 0 aromatic heterocycles. The smallest absolute Gasteiger partial charge is 0.327 e. The zero-order valence-corrected chi connectivity index (χ0v) is 13.5. The Morgan fingerprint density at radius 1 is 1.38 bits per heavy atom. The zero-order valence-electron chi connectivity index (χ0n) is 12.7. The molecule has 0 radical (unpaired) electrons. The molecule has 1 aromatic carbocycles. The molecule has 1 saturated heterocycles. The van der Waals surface area contributed by atoms with Crippen molar-refractivity contribution in [2.75, 3.05) is 10.7 Å². The Balaban J connectivity index is 2.04. The summed E-state index contributed by atoms with van der Waals surface area (Å²) in [6.45, 7) is 1.20. The number of carboxylic acids is 1. The third-order valence-electron chi connectivity index (χ3n) is 3.33. The zero-order chi connectivity index (χ0) is 17.9. The summed E-state index contributed by atoms with van der Waals surface area (Å²) in [6, 6.07) is 3.81. The molecule has 7 nitrogen and oxygen atoms in total. The summed E-state index contributed by atoms with van der Waals surface area (Å²) in [4.78, 5) is 47.4. The Morgan fingerprint density at radius 3 is 2.54 bits per heavy atom. The molecule has 3 amide bonds. The van der Waals surface area contributed by atoms with Crippen molar-refractivity contribution in [3.63, 3.8) is 0 Å². The Morgan fingerprint density at radius 2 is 2.00 bits per heavy atom. The quantitative estimate of drug-likeness (QED) is 0.732. The number of thioether (sulfide) groups is 1. The Bertz CT molecular complexity index is 679. The summed E-state index contributed by atoms with van der Waals surface area (Å²) in [5.74, 6) is -3.16. The molecule has 128 valence electrons. The van der Waals surface area contributed by atoms with E-state index in [0.717, 1.165) is 28.8 Å². The van der Waals surface area contributed by atoms with Gasteiger partial charge in [0.2, 0.25) is 17.7 Å². The van der Waals surface area contributed by atoms with Gasteiger partial charge in [-0.05, 0) is 24.3 Å². The molecule has 1 heterocycles. The third kappa shape index (κ3) is 4.10. The lowest BCUT2D eigenvalue weighted by Gasteiger charge is -2.16. The second kappa shape index (κ2) is 7.43. The van der Waals surface area contributed by atoms with E-state index >= 15 is 0 Å². The van der Waals surface area contributed by atoms with Gasteiger partial charge in [0, 0.05) is 19.1 Å². The third-order valence-corrected chi connectivity index (χ3v) is 4.63. The molecule has 0 bridgehead atoms. The molecule has 0 saturated carbocycles. The summed E-state index contributed by atoms with van der Waals surface area (Å²) in [5, 5.41) is 10.6. The highest BCUT2D eigenvalue weighted by atomic mass is 32.2. The molecule has 24 heavy (non-hydrogen) atoms. The maximum Gasteiger partial charge on any atom is 0.327 e. The SMILES string of the molecule is CC(=O)N[C@H](CS[C@H]1CC(=O)N(c2ccc(F)cc2)C1=O)C(=O)O. The van der Waals surface area contributed by atoms with Crippen molar-refractivity contribution in [3.05, 3.63) is 30.1 Å². The number of amides is 3. The van der Waals surface area contributed by atoms with Crippen LogP contribution in [-0.4, -0.2) is 45.8 Å². The molecule has 1 fully saturated rings. The normalized spacial score (nSPS) is 18.6. The average Bonchev–Trinajstić information content (AvgIpc) is 2.78. The summed E-state index contributed by atoms with van der Waals surface area (Å²) in [7, 11) is 0. The Hall–Kier alpha value is -2.42. The van der Waals surface area contributed by atoms with Gasteiger partial charge in [0.05, 0.1) is 10.9 Å². The first-order valence-electron chi connectivity index (χ1n) is 7.03. The van der Waals surface area contributed by atoms with E-state index < -0.39 is 40.8 Å². The van der Waals surface area contributed by atoms with Crippen molar-refractivity contribution in [2.24, 2.45) is 0 Å². The van der Waals surface area contributed by atoms with Crippen molar-refractivity contribution in [1.82, 2.24) is 5.32 Å². The van der Waals surface area contributed by atoms with E-state index in [1.54, 1.807) is 0 Å². The highest BCUT2D eigenvalue weighted by molar-refractivity contribution is 8.00. The van der Waals surface area contributed by atoms with Crippen molar-refractivity contribution in [2.45, 2.75) is 24.6 Å². The number of halogens is 1. The number of imide groups is 1. The van der Waals surface area contributed by atoms with Crippen molar-refractivity contribution in [3.8, 4) is 0 Å². The minimum absolute atomic E-state index is 0.0458. The van der Waals surface area contributed by atoms with Gasteiger partial charge in [0.25, 0.3) is 0 Å². The van der Waals surface area contributed by atoms with Crippen LogP contribution < -0.4 is 10.2 Å². The lowest BCUT2D eigenvalue weighted by molar-refractivity contribution is -0.140. The van der Waals surface area contributed by atoms with E-state index in [0.29, 0.717) is 0 Å². The molecule has 2 N–H and O–H groups in total. The molecule has 0 spiro atoms. The molecule has 2 rings (SSSR count). The highest BCUT2D eigenvalue weighted by Crippen LogP contribution is 2.30. The minimum Gasteiger partial charge on any atom is -0.480 e. The van der Waals surface area contributed by atoms with Crippen LogP contribution in [-0.2, 0) is 19.2 Å². The standard InChI is InChI=1S/C15H15FN2O5S/c1-8(19)17-11(15(22)23)7-24-12-6-13(20)18(14(12)21)10-4-2-9(16)3-5-10/h2-5,11-12H,6-7H2,1H3,(H,17,19)(H,22,23)/t11-,12+/m1/s1. The number of carbonyl (C=O) groups excluding carboxylic acids is 3. The van der Waals surface area contributed by atoms with Crippen LogP contribution in [0, 0.1) is 5.82 Å². The van der Waals surface area contributed by atoms with Crippen LogP contribution in [0.5, 0.6) is 0 Å². The van der Waals surface area contributed by atoms with Crippen molar-refractivity contribution in [1.29, 1.82) is 0 Å². The minimum atomic E-state index is -1.22. The molecule has 0 aliphatic carbocycles. The number of benzene rings is 1. The first kappa shape index (κ1) is 17.9. The van der Waals surface area contributed by atoms with Crippen LogP contribution in [0.15, 0.2) is 24.3 Å². The van der Waals surface area contributed by atoms with Gasteiger partial charge in [-0.1, -0.05) is 0 Å². The largest absolute Gasteiger partial charge is 0.480 e. The van der Waals surface area contributed by atoms with Crippen LogP contribution in [0.1, 0.15) is 13.3 Å². The van der Waals surface area contributed by atoms with Gasteiger partial charge >= 0.3 is 5.97 Å². The van der Waals surface area contributed by atoms with Crippen LogP contribution >= 0.6 is 11.8 Å². The molecular weight excluding hydrogens is 339 g/mol.